The van der Waals surface area contributed by atoms with Crippen molar-refractivity contribution in [3.63, 3.8) is 0 Å². The highest BCUT2D eigenvalue weighted by Crippen LogP contribution is 2.49. The van der Waals surface area contributed by atoms with Crippen LogP contribution in [0.25, 0.3) is 0 Å². The topological polar surface area (TPSA) is 25.2 Å². The van der Waals surface area contributed by atoms with Crippen molar-refractivity contribution < 1.29 is 4.42 Å². The molecular weight excluding hydrogens is 218 g/mol. The molecule has 1 heterocycles. The van der Waals surface area contributed by atoms with Crippen LogP contribution in [0, 0.1) is 5.92 Å². The minimum atomic E-state index is 0.641. The summed E-state index contributed by atoms with van der Waals surface area (Å²) < 4.78 is 6.51. The van der Waals surface area contributed by atoms with Crippen LogP contribution in [0.5, 0.6) is 0 Å². The maximum Gasteiger partial charge on any atom is 0.121 e. The monoisotopic (exact) mass is 229 g/mol. The molecule has 1 N–H and O–H groups in total. The molecule has 12 heavy (non-hydrogen) atoms. The summed E-state index contributed by atoms with van der Waals surface area (Å²) in [6.45, 7) is 1.10. The fourth-order valence-electron chi connectivity index (χ4n) is 1.63. The second-order valence-corrected chi connectivity index (χ2v) is 4.15. The molecule has 0 saturated heterocycles. The average Bonchev–Trinajstić information content (AvgIpc) is 2.67. The molecule has 2 rings (SSSR count). The maximum absolute atomic E-state index is 5.39. The van der Waals surface area contributed by atoms with Gasteiger partial charge in [0.1, 0.15) is 5.76 Å². The Morgan fingerprint density at radius 3 is 3.17 bits per heavy atom. The van der Waals surface area contributed by atoms with E-state index in [4.69, 9.17) is 4.42 Å². The van der Waals surface area contributed by atoms with Crippen molar-refractivity contribution in [2.75, 3.05) is 13.6 Å². The standard InChI is InChI=1S/C9H12BrNO/c1-11-5-6-4-7(6)9-8(10)2-3-12-9/h2-3,6-7,11H,4-5H2,1H3. The molecule has 66 valence electrons. The van der Waals surface area contributed by atoms with Gasteiger partial charge in [0.2, 0.25) is 0 Å². The van der Waals surface area contributed by atoms with Crippen molar-refractivity contribution in [3.05, 3.63) is 22.6 Å². The van der Waals surface area contributed by atoms with Crippen molar-refractivity contribution in [2.24, 2.45) is 5.92 Å². The Bertz CT molecular complexity index is 271. The molecule has 1 aromatic heterocycles. The van der Waals surface area contributed by atoms with E-state index in [0.29, 0.717) is 5.92 Å². The van der Waals surface area contributed by atoms with Gasteiger partial charge in [-0.05, 0) is 47.9 Å². The molecule has 2 nitrogen and oxygen atoms in total. The third kappa shape index (κ3) is 1.43. The van der Waals surface area contributed by atoms with Crippen molar-refractivity contribution in [1.82, 2.24) is 5.32 Å². The van der Waals surface area contributed by atoms with Gasteiger partial charge in [-0.15, -0.1) is 0 Å². The van der Waals surface area contributed by atoms with Gasteiger partial charge < -0.3 is 9.73 Å². The summed E-state index contributed by atoms with van der Waals surface area (Å²) in [6, 6.07) is 1.96. The van der Waals surface area contributed by atoms with Crippen LogP contribution in [0.3, 0.4) is 0 Å². The number of furan rings is 1. The molecule has 1 aromatic rings. The Labute approximate surface area is 80.5 Å². The van der Waals surface area contributed by atoms with E-state index in [1.54, 1.807) is 6.26 Å². The third-order valence-corrected chi connectivity index (χ3v) is 3.03. The van der Waals surface area contributed by atoms with Crippen LogP contribution in [0.4, 0.5) is 0 Å². The smallest absolute Gasteiger partial charge is 0.121 e. The third-order valence-electron chi connectivity index (χ3n) is 2.37. The normalized spacial score (nSPS) is 27.5. The number of rotatable bonds is 3. The first-order valence-corrected chi connectivity index (χ1v) is 4.99. The summed E-state index contributed by atoms with van der Waals surface area (Å²) >= 11 is 3.47. The van der Waals surface area contributed by atoms with E-state index in [1.807, 2.05) is 13.1 Å². The van der Waals surface area contributed by atoms with Crippen LogP contribution >= 0.6 is 15.9 Å². The van der Waals surface area contributed by atoms with Crippen LogP contribution in [-0.4, -0.2) is 13.6 Å². The van der Waals surface area contributed by atoms with Crippen LogP contribution in [0.1, 0.15) is 18.1 Å². The lowest BCUT2D eigenvalue weighted by Crippen LogP contribution is -2.10. The number of nitrogens with one attached hydrogen (secondary N) is 1. The lowest BCUT2D eigenvalue weighted by Gasteiger charge is -1.96. The molecule has 1 aliphatic rings. The summed E-state index contributed by atoms with van der Waals surface area (Å²) in [4.78, 5) is 0. The van der Waals surface area contributed by atoms with E-state index in [2.05, 4.69) is 21.2 Å². The van der Waals surface area contributed by atoms with Crippen molar-refractivity contribution in [2.45, 2.75) is 12.3 Å². The minimum Gasteiger partial charge on any atom is -0.468 e. The Morgan fingerprint density at radius 2 is 2.58 bits per heavy atom. The highest BCUT2D eigenvalue weighted by molar-refractivity contribution is 9.10. The maximum atomic E-state index is 5.39. The van der Waals surface area contributed by atoms with Gasteiger partial charge in [0.05, 0.1) is 10.7 Å². The van der Waals surface area contributed by atoms with E-state index < -0.39 is 0 Å². The van der Waals surface area contributed by atoms with Gasteiger partial charge >= 0.3 is 0 Å². The summed E-state index contributed by atoms with van der Waals surface area (Å²) in [7, 11) is 1.99. The first-order valence-electron chi connectivity index (χ1n) is 4.20. The first kappa shape index (κ1) is 8.32. The zero-order valence-corrected chi connectivity index (χ0v) is 8.60. The Balaban J connectivity index is 2.01. The minimum absolute atomic E-state index is 0.641. The molecule has 0 spiro atoms. The van der Waals surface area contributed by atoms with Gasteiger partial charge in [-0.25, -0.2) is 0 Å². The van der Waals surface area contributed by atoms with E-state index in [0.717, 1.165) is 22.7 Å². The molecule has 0 aliphatic heterocycles. The van der Waals surface area contributed by atoms with Gasteiger partial charge in [0.25, 0.3) is 0 Å². The second-order valence-electron chi connectivity index (χ2n) is 3.29. The first-order chi connectivity index (χ1) is 5.83. The van der Waals surface area contributed by atoms with Crippen molar-refractivity contribution in [1.29, 1.82) is 0 Å². The molecule has 0 aromatic carbocycles. The Hall–Kier alpha value is -0.280. The molecule has 2 atom stereocenters. The molecule has 0 bridgehead atoms. The van der Waals surface area contributed by atoms with Crippen LogP contribution in [0.2, 0.25) is 0 Å². The van der Waals surface area contributed by atoms with Crippen molar-refractivity contribution >= 4 is 15.9 Å². The van der Waals surface area contributed by atoms with E-state index in [-0.39, 0.29) is 0 Å². The zero-order valence-electron chi connectivity index (χ0n) is 7.01. The predicted molar refractivity (Wildman–Crippen MR) is 51.2 cm³/mol. The molecule has 1 aliphatic carbocycles. The average molecular weight is 230 g/mol. The van der Waals surface area contributed by atoms with Gasteiger partial charge in [0.15, 0.2) is 0 Å². The largest absolute Gasteiger partial charge is 0.468 e. The fourth-order valence-corrected chi connectivity index (χ4v) is 2.12. The fraction of sp³-hybridized carbons (Fsp3) is 0.556. The van der Waals surface area contributed by atoms with Crippen LogP contribution < -0.4 is 5.32 Å². The molecule has 1 fully saturated rings. The summed E-state index contributed by atoms with van der Waals surface area (Å²) in [6.07, 6.45) is 3.00. The number of halogens is 1. The SMILES string of the molecule is CNCC1CC1c1occc1Br. The lowest BCUT2D eigenvalue weighted by molar-refractivity contribution is 0.498. The summed E-state index contributed by atoms with van der Waals surface area (Å²) in [5, 5.41) is 3.18. The zero-order chi connectivity index (χ0) is 8.55. The summed E-state index contributed by atoms with van der Waals surface area (Å²) in [5.41, 5.74) is 0. The second kappa shape index (κ2) is 3.23. The molecule has 1 saturated carbocycles. The highest BCUT2D eigenvalue weighted by Gasteiger charge is 2.40. The van der Waals surface area contributed by atoms with Crippen LogP contribution in [-0.2, 0) is 0 Å². The van der Waals surface area contributed by atoms with Gasteiger partial charge in [-0.1, -0.05) is 0 Å². The number of hydrogen-bond donors (Lipinski definition) is 1. The number of hydrogen-bond acceptors (Lipinski definition) is 2. The molecule has 3 heteroatoms. The van der Waals surface area contributed by atoms with Crippen molar-refractivity contribution in [3.8, 4) is 0 Å². The predicted octanol–water partition coefficient (Wildman–Crippen LogP) is 2.37. The molecular formula is C9H12BrNO. The summed E-state index contributed by atoms with van der Waals surface area (Å²) in [5.74, 6) is 2.54. The quantitative estimate of drug-likeness (QED) is 0.862. The Kier molecular flexibility index (Phi) is 2.24. The highest BCUT2D eigenvalue weighted by atomic mass is 79.9. The van der Waals surface area contributed by atoms with E-state index in [9.17, 15) is 0 Å². The van der Waals surface area contributed by atoms with Gasteiger partial charge in [-0.3, -0.25) is 0 Å². The van der Waals surface area contributed by atoms with E-state index in [1.165, 1.54) is 6.42 Å². The lowest BCUT2D eigenvalue weighted by atomic mass is 10.2. The Morgan fingerprint density at radius 1 is 1.75 bits per heavy atom. The molecule has 2 unspecified atom stereocenters. The van der Waals surface area contributed by atoms with Crippen LogP contribution in [0.15, 0.2) is 21.2 Å². The van der Waals surface area contributed by atoms with Gasteiger partial charge in [-0.2, -0.15) is 0 Å². The van der Waals surface area contributed by atoms with Gasteiger partial charge in [0, 0.05) is 5.92 Å². The molecule has 0 amide bonds. The van der Waals surface area contributed by atoms with E-state index >= 15 is 0 Å². The molecule has 0 radical (unpaired) electrons.